The second-order valence-electron chi connectivity index (χ2n) is 9.04. The van der Waals surface area contributed by atoms with E-state index < -0.39 is 27.5 Å². The minimum absolute atomic E-state index is 0.0334. The number of likely N-dealkylation sites (tertiary alicyclic amines) is 1. The molecule has 0 bridgehead atoms. The molecule has 3 amide bonds. The number of hydrogen-bond acceptors (Lipinski definition) is 5. The van der Waals surface area contributed by atoms with Crippen molar-refractivity contribution in [2.24, 2.45) is 11.0 Å². The molecule has 0 N–H and O–H groups in total. The number of nitrogens with zero attached hydrogens (tertiary/aromatic N) is 5. The van der Waals surface area contributed by atoms with Gasteiger partial charge in [-0.3, -0.25) is 14.4 Å². The zero-order valence-electron chi connectivity index (χ0n) is 18.3. The number of carbonyl (C=O) groups excluding carboxylic acids is 3. The van der Waals surface area contributed by atoms with Gasteiger partial charge in [0.1, 0.15) is 17.2 Å². The highest BCUT2D eigenvalue weighted by Gasteiger charge is 2.46. The third-order valence-corrected chi connectivity index (χ3v) is 8.85. The lowest BCUT2D eigenvalue weighted by molar-refractivity contribution is -0.147. The molecule has 1 aliphatic carbocycles. The van der Waals surface area contributed by atoms with Crippen LogP contribution in [0, 0.1) is 5.92 Å². The van der Waals surface area contributed by atoms with Crippen molar-refractivity contribution in [2.75, 3.05) is 33.2 Å². The van der Waals surface area contributed by atoms with Crippen LogP contribution in [-0.4, -0.2) is 92.9 Å². The number of amides is 3. The van der Waals surface area contributed by atoms with Gasteiger partial charge in [-0.2, -0.15) is 18.3 Å². The quantitative estimate of drug-likeness (QED) is 0.538. The van der Waals surface area contributed by atoms with Crippen molar-refractivity contribution in [3.05, 3.63) is 23.4 Å². The molecule has 5 aliphatic rings. The summed E-state index contributed by atoms with van der Waals surface area (Å²) >= 11 is 0. The Hall–Kier alpha value is -2.34. The zero-order chi connectivity index (χ0) is 24.4. The second kappa shape index (κ2) is 8.40. The lowest BCUT2D eigenvalue weighted by Crippen LogP contribution is -2.59. The number of allylic oxidation sites excluding steroid dienone is 3. The Kier molecular flexibility index (Phi) is 5.78. The fraction of sp³-hybridized carbons (Fsp3) is 0.571. The van der Waals surface area contributed by atoms with Gasteiger partial charge in [-0.15, -0.1) is 0 Å². The lowest BCUT2D eigenvalue weighted by Gasteiger charge is -2.42. The van der Waals surface area contributed by atoms with Gasteiger partial charge in [-0.05, 0) is 63.3 Å². The van der Waals surface area contributed by atoms with E-state index in [2.05, 4.69) is 5.10 Å². The van der Waals surface area contributed by atoms with Crippen molar-refractivity contribution in [3.63, 3.8) is 0 Å². The van der Waals surface area contributed by atoms with Gasteiger partial charge in [0.05, 0.1) is 0 Å². The highest BCUT2D eigenvalue weighted by atomic mass is 35.7. The van der Waals surface area contributed by atoms with E-state index >= 15 is 0 Å². The fourth-order valence-corrected chi connectivity index (χ4v) is 6.42. The van der Waals surface area contributed by atoms with E-state index in [0.717, 1.165) is 23.9 Å². The number of piperazine rings is 1. The van der Waals surface area contributed by atoms with E-state index in [9.17, 15) is 27.6 Å². The summed E-state index contributed by atoms with van der Waals surface area (Å²) in [6, 6.07) is -0.117. The summed E-state index contributed by atoms with van der Waals surface area (Å²) in [5.74, 6) is -0.795. The molecule has 13 heteroatoms. The number of piperidine rings is 1. The average molecular weight is 518 g/mol. The van der Waals surface area contributed by atoms with Gasteiger partial charge in [0.2, 0.25) is 11.8 Å². The molecule has 2 atom stereocenters. The molecule has 2 unspecified atom stereocenters. The SMILES string of the molecule is CN1CC(N2CCN(C(=O)C3=NN4C(C(F)(F)F)=CC(C5CC5)=CC4=S3Cl)CC2=O)CCC1=O. The van der Waals surface area contributed by atoms with E-state index in [-0.39, 0.29) is 53.4 Å². The molecule has 4 heterocycles. The maximum atomic E-state index is 13.7. The third kappa shape index (κ3) is 4.15. The van der Waals surface area contributed by atoms with Gasteiger partial charge in [-0.25, -0.2) is 5.01 Å². The number of rotatable bonds is 3. The van der Waals surface area contributed by atoms with Crippen LogP contribution < -0.4 is 0 Å². The fourth-order valence-electron chi connectivity index (χ4n) is 4.64. The number of likely N-dealkylation sites (N-methyl/N-ethyl adjacent to an activating group) is 1. The van der Waals surface area contributed by atoms with Crippen LogP contribution in [0.2, 0.25) is 0 Å². The van der Waals surface area contributed by atoms with Crippen LogP contribution in [0.4, 0.5) is 13.2 Å². The Morgan fingerprint density at radius 3 is 2.50 bits per heavy atom. The van der Waals surface area contributed by atoms with Crippen molar-refractivity contribution < 1.29 is 27.6 Å². The van der Waals surface area contributed by atoms with E-state index in [1.165, 1.54) is 4.90 Å². The predicted molar refractivity (Wildman–Crippen MR) is 122 cm³/mol. The van der Waals surface area contributed by atoms with Crippen molar-refractivity contribution in [1.82, 2.24) is 19.7 Å². The number of fused-ring (bicyclic) bond motifs is 1. The monoisotopic (exact) mass is 517 g/mol. The molecule has 0 aromatic carbocycles. The molecular formula is C21H23ClF3N5O3S. The molecular weight excluding hydrogens is 495 g/mol. The largest absolute Gasteiger partial charge is 0.433 e. The first-order valence-corrected chi connectivity index (χ1v) is 13.1. The summed E-state index contributed by atoms with van der Waals surface area (Å²) in [7, 11) is 6.71. The van der Waals surface area contributed by atoms with Crippen LogP contribution in [0.3, 0.4) is 0 Å². The van der Waals surface area contributed by atoms with Crippen LogP contribution in [0.15, 0.2) is 28.5 Å². The average Bonchev–Trinajstić information content (AvgIpc) is 3.58. The molecule has 1 saturated carbocycles. The van der Waals surface area contributed by atoms with Crippen LogP contribution >= 0.6 is 20.4 Å². The minimum atomic E-state index is -4.65. The molecule has 0 radical (unpaired) electrons. The number of carbonyl (C=O) groups is 3. The Labute approximate surface area is 201 Å². The summed E-state index contributed by atoms with van der Waals surface area (Å²) in [5, 5.41) is 4.51. The summed E-state index contributed by atoms with van der Waals surface area (Å²) in [4.78, 5) is 42.5. The first kappa shape index (κ1) is 23.4. The van der Waals surface area contributed by atoms with Gasteiger partial charge in [0, 0.05) is 39.1 Å². The number of hydrazone groups is 1. The van der Waals surface area contributed by atoms with Crippen molar-refractivity contribution in [1.29, 1.82) is 0 Å². The molecule has 0 aromatic heterocycles. The van der Waals surface area contributed by atoms with Gasteiger partial charge in [-0.1, -0.05) is 0 Å². The molecule has 0 spiro atoms. The second-order valence-corrected chi connectivity index (χ2v) is 11.3. The zero-order valence-corrected chi connectivity index (χ0v) is 19.9. The maximum Gasteiger partial charge on any atom is 0.433 e. The minimum Gasteiger partial charge on any atom is -0.344 e. The van der Waals surface area contributed by atoms with Crippen LogP contribution in [0.5, 0.6) is 0 Å². The van der Waals surface area contributed by atoms with Gasteiger partial charge < -0.3 is 14.7 Å². The first-order chi connectivity index (χ1) is 16.0. The standard InChI is InChI=1S/C21H23ClF3N5O3S/c1-27-10-14(4-5-16(27)31)29-7-6-28(11-17(29)32)20(33)19-26-30-15(21(23,24)25)8-13(12-2-3-12)9-18(30)34(19)22/h8-9,12,14H,2-7,10-11H2,1H3. The van der Waals surface area contributed by atoms with Crippen LogP contribution in [0.25, 0.3) is 0 Å². The molecule has 4 aliphatic heterocycles. The number of alkyl halides is 3. The van der Waals surface area contributed by atoms with Gasteiger partial charge >= 0.3 is 6.18 Å². The van der Waals surface area contributed by atoms with Gasteiger partial charge in [0.25, 0.3) is 5.91 Å². The molecule has 3 fully saturated rings. The van der Waals surface area contributed by atoms with E-state index in [1.807, 2.05) is 0 Å². The van der Waals surface area contributed by atoms with E-state index in [4.69, 9.17) is 10.7 Å². The number of halogens is 4. The Morgan fingerprint density at radius 1 is 1.15 bits per heavy atom. The topological polar surface area (TPSA) is 76.5 Å². The van der Waals surface area contributed by atoms with E-state index in [1.54, 1.807) is 22.9 Å². The van der Waals surface area contributed by atoms with Crippen molar-refractivity contribution in [2.45, 2.75) is 37.9 Å². The highest BCUT2D eigenvalue weighted by Crippen LogP contribution is 2.46. The van der Waals surface area contributed by atoms with Crippen molar-refractivity contribution in [3.8, 4) is 0 Å². The molecule has 0 aromatic rings. The molecule has 184 valence electrons. The summed E-state index contributed by atoms with van der Waals surface area (Å²) in [5.41, 5.74) is -0.398. The molecule has 5 rings (SSSR count). The van der Waals surface area contributed by atoms with Crippen LogP contribution in [0.1, 0.15) is 25.7 Å². The predicted octanol–water partition coefficient (Wildman–Crippen LogP) is 2.26. The smallest absolute Gasteiger partial charge is 0.344 e. The number of hydrogen-bond donors (Lipinski definition) is 0. The van der Waals surface area contributed by atoms with Crippen LogP contribution in [-0.2, 0) is 14.4 Å². The Balaban J connectivity index is 1.33. The van der Waals surface area contributed by atoms with E-state index in [0.29, 0.717) is 25.0 Å². The molecule has 8 nitrogen and oxygen atoms in total. The molecule has 2 saturated heterocycles. The van der Waals surface area contributed by atoms with Gasteiger partial charge in [0.15, 0.2) is 5.04 Å². The Morgan fingerprint density at radius 2 is 1.88 bits per heavy atom. The first-order valence-electron chi connectivity index (χ1n) is 11.0. The third-order valence-electron chi connectivity index (χ3n) is 6.68. The highest BCUT2D eigenvalue weighted by molar-refractivity contribution is 8.47. The Bertz CT molecular complexity index is 1100. The molecule has 34 heavy (non-hydrogen) atoms. The summed E-state index contributed by atoms with van der Waals surface area (Å²) in [6.45, 7) is 0.721. The maximum absolute atomic E-state index is 13.7. The summed E-state index contributed by atoms with van der Waals surface area (Å²) in [6.07, 6.45) is 0.604. The lowest BCUT2D eigenvalue weighted by atomic mass is 10.0. The normalized spacial score (nSPS) is 28.1. The van der Waals surface area contributed by atoms with Crippen molar-refractivity contribution >= 4 is 48.1 Å². The summed E-state index contributed by atoms with van der Waals surface area (Å²) < 4.78 is 41.2.